The van der Waals surface area contributed by atoms with E-state index in [-0.39, 0.29) is 12.0 Å². The summed E-state index contributed by atoms with van der Waals surface area (Å²) in [4.78, 5) is 0. The summed E-state index contributed by atoms with van der Waals surface area (Å²) in [6.07, 6.45) is 6.26. The minimum atomic E-state index is -0.804. The van der Waals surface area contributed by atoms with Gasteiger partial charge in [0.25, 0.3) is 5.97 Å². The first kappa shape index (κ1) is 12.0. The Kier molecular flexibility index (Phi) is 3.64. The molecule has 0 unspecified atom stereocenters. The summed E-state index contributed by atoms with van der Waals surface area (Å²) in [5, 5.41) is 8.62. The molecule has 3 heterocycles. The topological polar surface area (TPSA) is 47.9 Å². The highest BCUT2D eigenvalue weighted by Crippen LogP contribution is 2.40. The smallest absolute Gasteiger partial charge is 0.283 e. The molecule has 0 aromatic rings. The lowest BCUT2D eigenvalue weighted by Crippen LogP contribution is -2.58. The first-order valence-corrected chi connectivity index (χ1v) is 5.86. The standard InChI is InChI=1S/C12H20O4/c1-11-8-14-12(15-9-11,16-10-11)6-4-2-3-5-7-13/h2-3,13H,4-10H2,1H3/b3-2-. The molecule has 0 spiro atoms. The van der Waals surface area contributed by atoms with Crippen LogP contribution in [0.4, 0.5) is 0 Å². The van der Waals surface area contributed by atoms with Crippen LogP contribution in [0.25, 0.3) is 0 Å². The Morgan fingerprint density at radius 1 is 1.06 bits per heavy atom. The second-order valence-corrected chi connectivity index (χ2v) is 4.88. The molecule has 0 amide bonds. The van der Waals surface area contributed by atoms with Crippen molar-refractivity contribution >= 4 is 0 Å². The largest absolute Gasteiger partial charge is 0.396 e. The van der Waals surface area contributed by atoms with Gasteiger partial charge in [-0.3, -0.25) is 0 Å². The van der Waals surface area contributed by atoms with E-state index in [0.717, 1.165) is 6.42 Å². The third-order valence-electron chi connectivity index (χ3n) is 3.00. The number of aliphatic hydroxyl groups excluding tert-OH is 1. The van der Waals surface area contributed by atoms with Crippen molar-refractivity contribution in [3.05, 3.63) is 12.2 Å². The molecule has 0 aliphatic carbocycles. The van der Waals surface area contributed by atoms with Crippen molar-refractivity contribution in [3.8, 4) is 0 Å². The van der Waals surface area contributed by atoms with Crippen LogP contribution in [0.2, 0.25) is 0 Å². The summed E-state index contributed by atoms with van der Waals surface area (Å²) in [6, 6.07) is 0. The fourth-order valence-corrected chi connectivity index (χ4v) is 1.89. The van der Waals surface area contributed by atoms with Gasteiger partial charge in [-0.25, -0.2) is 0 Å². The molecule has 0 atom stereocenters. The molecule has 16 heavy (non-hydrogen) atoms. The second-order valence-electron chi connectivity index (χ2n) is 4.88. The summed E-state index contributed by atoms with van der Waals surface area (Å²) in [5.74, 6) is -0.804. The molecule has 4 nitrogen and oxygen atoms in total. The zero-order valence-corrected chi connectivity index (χ0v) is 9.78. The highest BCUT2D eigenvalue weighted by atomic mass is 16.9. The summed E-state index contributed by atoms with van der Waals surface area (Å²) in [6.45, 7) is 4.45. The van der Waals surface area contributed by atoms with Gasteiger partial charge < -0.3 is 19.3 Å². The van der Waals surface area contributed by atoms with Crippen molar-refractivity contribution in [2.45, 2.75) is 32.2 Å². The van der Waals surface area contributed by atoms with Gasteiger partial charge in [0.1, 0.15) is 0 Å². The van der Waals surface area contributed by atoms with E-state index >= 15 is 0 Å². The van der Waals surface area contributed by atoms with Crippen LogP contribution >= 0.6 is 0 Å². The molecule has 0 radical (unpaired) electrons. The minimum absolute atomic E-state index is 0.0362. The predicted octanol–water partition coefficient (Wildman–Crippen LogP) is 1.44. The number of hydrogen-bond donors (Lipinski definition) is 1. The Bertz CT molecular complexity index is 237. The maximum Gasteiger partial charge on any atom is 0.283 e. The molecular weight excluding hydrogens is 208 g/mol. The summed E-state index contributed by atoms with van der Waals surface area (Å²) >= 11 is 0. The third kappa shape index (κ3) is 2.63. The van der Waals surface area contributed by atoms with Crippen LogP contribution in [0, 0.1) is 5.41 Å². The molecule has 92 valence electrons. The Morgan fingerprint density at radius 2 is 1.62 bits per heavy atom. The first-order valence-electron chi connectivity index (χ1n) is 5.86. The van der Waals surface area contributed by atoms with Crippen LogP contribution < -0.4 is 0 Å². The van der Waals surface area contributed by atoms with E-state index in [2.05, 4.69) is 6.92 Å². The monoisotopic (exact) mass is 228 g/mol. The van der Waals surface area contributed by atoms with Gasteiger partial charge in [0.2, 0.25) is 0 Å². The van der Waals surface area contributed by atoms with Gasteiger partial charge in [0, 0.05) is 18.4 Å². The van der Waals surface area contributed by atoms with Crippen molar-refractivity contribution in [3.63, 3.8) is 0 Å². The van der Waals surface area contributed by atoms with Crippen molar-refractivity contribution < 1.29 is 19.3 Å². The van der Waals surface area contributed by atoms with Gasteiger partial charge >= 0.3 is 0 Å². The van der Waals surface area contributed by atoms with Crippen molar-refractivity contribution in [2.24, 2.45) is 5.41 Å². The molecule has 3 aliphatic rings. The SMILES string of the molecule is CC12COC(CC/C=C\CCO)(OC1)OC2. The van der Waals surface area contributed by atoms with Crippen LogP contribution in [0.5, 0.6) is 0 Å². The normalized spacial score (nSPS) is 38.4. The molecule has 0 aromatic heterocycles. The van der Waals surface area contributed by atoms with Crippen LogP contribution in [0.15, 0.2) is 12.2 Å². The molecule has 3 aliphatic heterocycles. The minimum Gasteiger partial charge on any atom is -0.396 e. The van der Waals surface area contributed by atoms with E-state index in [0.29, 0.717) is 32.7 Å². The van der Waals surface area contributed by atoms with E-state index in [1.54, 1.807) is 0 Å². The fourth-order valence-electron chi connectivity index (χ4n) is 1.89. The number of fused-ring (bicyclic) bond motifs is 3. The maximum atomic E-state index is 8.62. The van der Waals surface area contributed by atoms with E-state index in [4.69, 9.17) is 19.3 Å². The fraction of sp³-hybridized carbons (Fsp3) is 0.833. The zero-order valence-electron chi connectivity index (χ0n) is 9.78. The van der Waals surface area contributed by atoms with E-state index in [9.17, 15) is 0 Å². The highest BCUT2D eigenvalue weighted by molar-refractivity contribution is 4.87. The lowest BCUT2D eigenvalue weighted by atomic mass is 9.91. The second kappa shape index (κ2) is 4.84. The number of hydrogen-bond acceptors (Lipinski definition) is 4. The Balaban J connectivity index is 1.77. The summed E-state index contributed by atoms with van der Waals surface area (Å²) in [7, 11) is 0. The average molecular weight is 228 g/mol. The zero-order chi connectivity index (χ0) is 11.5. The van der Waals surface area contributed by atoms with Gasteiger partial charge in [-0.15, -0.1) is 0 Å². The third-order valence-corrected chi connectivity index (χ3v) is 3.00. The van der Waals surface area contributed by atoms with Crippen LogP contribution in [0.3, 0.4) is 0 Å². The van der Waals surface area contributed by atoms with Gasteiger partial charge in [0.05, 0.1) is 19.8 Å². The van der Waals surface area contributed by atoms with E-state index in [1.165, 1.54) is 0 Å². The van der Waals surface area contributed by atoms with Crippen LogP contribution in [-0.4, -0.2) is 37.5 Å². The van der Waals surface area contributed by atoms with E-state index < -0.39 is 5.97 Å². The Hall–Kier alpha value is -0.420. The van der Waals surface area contributed by atoms with Gasteiger partial charge in [-0.2, -0.15) is 0 Å². The molecular formula is C12H20O4. The quantitative estimate of drug-likeness (QED) is 0.723. The first-order chi connectivity index (χ1) is 7.68. The molecule has 3 fully saturated rings. The molecule has 3 rings (SSSR count). The molecule has 3 saturated heterocycles. The van der Waals surface area contributed by atoms with Gasteiger partial charge in [0.15, 0.2) is 0 Å². The molecule has 1 N–H and O–H groups in total. The number of aliphatic hydroxyl groups is 1. The molecule has 2 bridgehead atoms. The Morgan fingerprint density at radius 3 is 2.19 bits per heavy atom. The number of rotatable bonds is 5. The Labute approximate surface area is 96.2 Å². The van der Waals surface area contributed by atoms with Crippen molar-refractivity contribution in [1.29, 1.82) is 0 Å². The summed E-state index contributed by atoms with van der Waals surface area (Å²) in [5.41, 5.74) is 0.0362. The lowest BCUT2D eigenvalue weighted by Gasteiger charge is -2.50. The highest BCUT2D eigenvalue weighted by Gasteiger charge is 2.49. The van der Waals surface area contributed by atoms with Crippen molar-refractivity contribution in [2.75, 3.05) is 26.4 Å². The van der Waals surface area contributed by atoms with Crippen molar-refractivity contribution in [1.82, 2.24) is 0 Å². The average Bonchev–Trinajstić information content (AvgIpc) is 2.31. The molecule has 0 aromatic carbocycles. The lowest BCUT2D eigenvalue weighted by molar-refractivity contribution is -0.467. The van der Waals surface area contributed by atoms with Gasteiger partial charge in [-0.1, -0.05) is 19.1 Å². The number of allylic oxidation sites excluding steroid dienone is 1. The van der Waals surface area contributed by atoms with Crippen LogP contribution in [-0.2, 0) is 14.2 Å². The molecule has 4 heteroatoms. The summed E-state index contributed by atoms with van der Waals surface area (Å²) < 4.78 is 16.9. The number of ether oxygens (including phenoxy) is 3. The molecule has 0 saturated carbocycles. The van der Waals surface area contributed by atoms with Crippen LogP contribution in [0.1, 0.15) is 26.2 Å². The maximum absolute atomic E-state index is 8.62. The predicted molar refractivity (Wildman–Crippen MR) is 58.8 cm³/mol. The van der Waals surface area contributed by atoms with E-state index in [1.807, 2.05) is 12.2 Å². The van der Waals surface area contributed by atoms with Gasteiger partial charge in [-0.05, 0) is 12.8 Å².